The maximum absolute atomic E-state index is 5.71. The van der Waals surface area contributed by atoms with Crippen LogP contribution in [-0.2, 0) is 14.2 Å². The molecule has 0 saturated heterocycles. The molecule has 0 saturated carbocycles. The Morgan fingerprint density at radius 1 is 1.28 bits per heavy atom. The number of nitrogens with two attached hydrogens (primary N) is 1. The van der Waals surface area contributed by atoms with Crippen LogP contribution in [0, 0.1) is 0 Å². The Bertz CT molecular complexity index is 322. The maximum atomic E-state index is 5.71. The predicted molar refractivity (Wildman–Crippen MR) is 77.1 cm³/mol. The lowest BCUT2D eigenvalue weighted by Crippen LogP contribution is -2.17. The van der Waals surface area contributed by atoms with Crippen molar-refractivity contribution >= 4 is 27.3 Å². The topological polar surface area (TPSA) is 53.7 Å². The van der Waals surface area contributed by atoms with Gasteiger partial charge in [0.05, 0.1) is 17.0 Å². The molecular weight excluding hydrogens is 318 g/mol. The lowest BCUT2D eigenvalue weighted by atomic mass is 10.3. The first kappa shape index (κ1) is 16.1. The highest BCUT2D eigenvalue weighted by atomic mass is 79.9. The number of hydrogen-bond donors (Lipinski definition) is 1. The summed E-state index contributed by atoms with van der Waals surface area (Å²) in [4.78, 5) is 1.14. The molecule has 2 N–H and O–H groups in total. The summed E-state index contributed by atoms with van der Waals surface area (Å²) in [6.45, 7) is 3.07. The molecule has 1 unspecified atom stereocenters. The third-order valence-electron chi connectivity index (χ3n) is 2.31. The summed E-state index contributed by atoms with van der Waals surface area (Å²) in [5.74, 6) is 0. The van der Waals surface area contributed by atoms with Gasteiger partial charge in [-0.05, 0) is 34.5 Å². The Morgan fingerprint density at radius 3 is 2.72 bits per heavy atom. The normalized spacial score (nSPS) is 12.8. The Kier molecular flexibility index (Phi) is 8.83. The van der Waals surface area contributed by atoms with Crippen molar-refractivity contribution in [2.24, 2.45) is 5.73 Å². The first-order valence-electron chi connectivity index (χ1n) is 5.91. The van der Waals surface area contributed by atoms with Crippen molar-refractivity contribution in [3.8, 4) is 0 Å². The number of rotatable bonds is 10. The third kappa shape index (κ3) is 6.26. The van der Waals surface area contributed by atoms with E-state index in [1.54, 1.807) is 18.4 Å². The first-order chi connectivity index (χ1) is 8.77. The molecule has 0 amide bonds. The average molecular weight is 338 g/mol. The molecule has 0 fully saturated rings. The zero-order valence-electron chi connectivity index (χ0n) is 10.6. The SMILES string of the molecule is COCCCOCCOC(CN)c1ccc(Br)s1. The predicted octanol–water partition coefficient (Wildman–Crippen LogP) is 2.58. The van der Waals surface area contributed by atoms with Gasteiger partial charge in [0.2, 0.25) is 0 Å². The molecule has 1 rings (SSSR count). The number of halogens is 1. The highest BCUT2D eigenvalue weighted by Gasteiger charge is 2.12. The minimum Gasteiger partial charge on any atom is -0.385 e. The molecular formula is C12H20BrNO3S. The van der Waals surface area contributed by atoms with E-state index in [0.717, 1.165) is 21.7 Å². The maximum Gasteiger partial charge on any atom is 0.104 e. The van der Waals surface area contributed by atoms with Gasteiger partial charge in [-0.2, -0.15) is 0 Å². The van der Waals surface area contributed by atoms with Crippen molar-refractivity contribution in [1.29, 1.82) is 0 Å². The summed E-state index contributed by atoms with van der Waals surface area (Å²) in [7, 11) is 1.69. The molecule has 0 aromatic carbocycles. The van der Waals surface area contributed by atoms with Gasteiger partial charge in [0.25, 0.3) is 0 Å². The summed E-state index contributed by atoms with van der Waals surface area (Å²) >= 11 is 5.08. The van der Waals surface area contributed by atoms with Crippen LogP contribution in [0.2, 0.25) is 0 Å². The van der Waals surface area contributed by atoms with Gasteiger partial charge < -0.3 is 19.9 Å². The molecule has 0 aliphatic rings. The average Bonchev–Trinajstić information content (AvgIpc) is 2.79. The van der Waals surface area contributed by atoms with Crippen LogP contribution in [0.1, 0.15) is 17.4 Å². The number of ether oxygens (including phenoxy) is 3. The van der Waals surface area contributed by atoms with Crippen LogP contribution in [0.5, 0.6) is 0 Å². The zero-order chi connectivity index (χ0) is 13.2. The van der Waals surface area contributed by atoms with Crippen LogP contribution in [0.3, 0.4) is 0 Å². The van der Waals surface area contributed by atoms with Crippen molar-refractivity contribution in [2.45, 2.75) is 12.5 Å². The number of hydrogen-bond acceptors (Lipinski definition) is 5. The van der Waals surface area contributed by atoms with E-state index in [0.29, 0.717) is 26.4 Å². The molecule has 1 heterocycles. The number of methoxy groups -OCH3 is 1. The summed E-state index contributed by atoms with van der Waals surface area (Å²) in [6, 6.07) is 4.04. The van der Waals surface area contributed by atoms with Crippen LogP contribution in [0.4, 0.5) is 0 Å². The molecule has 18 heavy (non-hydrogen) atoms. The monoisotopic (exact) mass is 337 g/mol. The van der Waals surface area contributed by atoms with E-state index in [2.05, 4.69) is 15.9 Å². The highest BCUT2D eigenvalue weighted by molar-refractivity contribution is 9.11. The van der Waals surface area contributed by atoms with Crippen LogP contribution >= 0.6 is 27.3 Å². The van der Waals surface area contributed by atoms with Crippen LogP contribution < -0.4 is 5.73 Å². The summed E-state index contributed by atoms with van der Waals surface area (Å²) < 4.78 is 17.2. The van der Waals surface area contributed by atoms with Gasteiger partial charge in [-0.25, -0.2) is 0 Å². The minimum atomic E-state index is -0.0381. The van der Waals surface area contributed by atoms with E-state index < -0.39 is 0 Å². The molecule has 1 aromatic heterocycles. The Hall–Kier alpha value is 0.0200. The van der Waals surface area contributed by atoms with E-state index in [1.165, 1.54) is 0 Å². The molecule has 6 heteroatoms. The van der Waals surface area contributed by atoms with Gasteiger partial charge in [0.1, 0.15) is 6.10 Å². The van der Waals surface area contributed by atoms with Crippen molar-refractivity contribution in [3.05, 3.63) is 20.8 Å². The van der Waals surface area contributed by atoms with E-state index in [-0.39, 0.29) is 6.10 Å². The summed E-state index contributed by atoms with van der Waals surface area (Å²) in [5.41, 5.74) is 5.70. The molecule has 0 aliphatic heterocycles. The quantitative estimate of drug-likeness (QED) is 0.666. The third-order valence-corrected chi connectivity index (χ3v) is 4.02. The van der Waals surface area contributed by atoms with Gasteiger partial charge in [-0.3, -0.25) is 0 Å². The fourth-order valence-electron chi connectivity index (χ4n) is 1.42. The fraction of sp³-hybridized carbons (Fsp3) is 0.667. The van der Waals surface area contributed by atoms with Crippen LogP contribution in [0.15, 0.2) is 15.9 Å². The number of thiophene rings is 1. The zero-order valence-corrected chi connectivity index (χ0v) is 13.0. The van der Waals surface area contributed by atoms with E-state index in [9.17, 15) is 0 Å². The molecule has 104 valence electrons. The van der Waals surface area contributed by atoms with Gasteiger partial charge >= 0.3 is 0 Å². The van der Waals surface area contributed by atoms with E-state index in [4.69, 9.17) is 19.9 Å². The van der Waals surface area contributed by atoms with Crippen molar-refractivity contribution < 1.29 is 14.2 Å². The molecule has 0 radical (unpaired) electrons. The van der Waals surface area contributed by atoms with Gasteiger partial charge in [0, 0.05) is 31.7 Å². The minimum absolute atomic E-state index is 0.0381. The molecule has 0 spiro atoms. The second-order valence-corrected chi connectivity index (χ2v) is 6.19. The standard InChI is InChI=1S/C12H20BrNO3S/c1-15-5-2-6-16-7-8-17-10(9-14)11-3-4-12(13)18-11/h3-4,10H,2,5-9,14H2,1H3. The fourth-order valence-corrected chi connectivity index (χ4v) is 2.91. The molecule has 1 aromatic rings. The summed E-state index contributed by atoms with van der Waals surface area (Å²) in [6.07, 6.45) is 0.873. The smallest absolute Gasteiger partial charge is 0.104 e. The van der Waals surface area contributed by atoms with Crippen molar-refractivity contribution in [2.75, 3.05) is 40.1 Å². The van der Waals surface area contributed by atoms with Crippen molar-refractivity contribution in [1.82, 2.24) is 0 Å². The van der Waals surface area contributed by atoms with Crippen LogP contribution in [-0.4, -0.2) is 40.1 Å². The molecule has 0 aliphatic carbocycles. The van der Waals surface area contributed by atoms with Gasteiger partial charge in [-0.15, -0.1) is 11.3 Å². The van der Waals surface area contributed by atoms with Crippen molar-refractivity contribution in [3.63, 3.8) is 0 Å². The van der Waals surface area contributed by atoms with E-state index in [1.807, 2.05) is 12.1 Å². The van der Waals surface area contributed by atoms with Crippen LogP contribution in [0.25, 0.3) is 0 Å². The Labute approximate surface area is 121 Å². The van der Waals surface area contributed by atoms with Gasteiger partial charge in [0.15, 0.2) is 0 Å². The van der Waals surface area contributed by atoms with E-state index >= 15 is 0 Å². The summed E-state index contributed by atoms with van der Waals surface area (Å²) in [5, 5.41) is 0. The Morgan fingerprint density at radius 2 is 2.11 bits per heavy atom. The largest absolute Gasteiger partial charge is 0.385 e. The Balaban J connectivity index is 2.13. The van der Waals surface area contributed by atoms with Gasteiger partial charge in [-0.1, -0.05) is 0 Å². The second-order valence-electron chi connectivity index (χ2n) is 3.70. The first-order valence-corrected chi connectivity index (χ1v) is 7.52. The molecule has 4 nitrogen and oxygen atoms in total. The molecule has 1 atom stereocenters. The lowest BCUT2D eigenvalue weighted by Gasteiger charge is -2.14. The lowest BCUT2D eigenvalue weighted by molar-refractivity contribution is 0.00519. The highest BCUT2D eigenvalue weighted by Crippen LogP contribution is 2.28. The second kappa shape index (κ2) is 9.89. The molecule has 0 bridgehead atoms.